The summed E-state index contributed by atoms with van der Waals surface area (Å²) in [6.45, 7) is 3.79. The number of allylic oxidation sites excluding steroid dienone is 1. The molecule has 35 heavy (non-hydrogen) atoms. The van der Waals surface area contributed by atoms with Crippen LogP contribution in [0, 0.1) is 13.8 Å². The Bertz CT molecular complexity index is 1230. The SMILES string of the molecule is Cc1cc(C(/C=C/c2ccc(CN(C)C(=O)c3ccccc3C=O)cc2)C(F)(F)F)cc(Cl)c1C. The largest absolute Gasteiger partial charge is 0.399 e. The van der Waals surface area contributed by atoms with Crippen molar-refractivity contribution in [2.45, 2.75) is 32.5 Å². The summed E-state index contributed by atoms with van der Waals surface area (Å²) in [7, 11) is 1.63. The maximum Gasteiger partial charge on any atom is 0.399 e. The quantitative estimate of drug-likeness (QED) is 0.317. The third-order valence-electron chi connectivity index (χ3n) is 5.88. The number of halogens is 4. The maximum atomic E-state index is 13.8. The molecular formula is C28H25ClF3NO2. The number of alkyl halides is 3. The van der Waals surface area contributed by atoms with E-state index in [2.05, 4.69) is 0 Å². The number of rotatable bonds is 7. The minimum absolute atomic E-state index is 0.0919. The summed E-state index contributed by atoms with van der Waals surface area (Å²) in [5.41, 5.74) is 3.58. The monoisotopic (exact) mass is 499 g/mol. The van der Waals surface area contributed by atoms with E-state index in [4.69, 9.17) is 11.6 Å². The molecule has 1 amide bonds. The molecule has 0 aliphatic heterocycles. The second-order valence-electron chi connectivity index (χ2n) is 8.43. The minimum Gasteiger partial charge on any atom is -0.337 e. The zero-order chi connectivity index (χ0) is 25.8. The molecule has 0 aromatic heterocycles. The first-order valence-corrected chi connectivity index (χ1v) is 11.3. The van der Waals surface area contributed by atoms with Gasteiger partial charge in [-0.2, -0.15) is 13.2 Å². The zero-order valence-electron chi connectivity index (χ0n) is 19.6. The van der Waals surface area contributed by atoms with Crippen molar-refractivity contribution >= 4 is 29.9 Å². The van der Waals surface area contributed by atoms with Gasteiger partial charge < -0.3 is 4.90 Å². The van der Waals surface area contributed by atoms with Gasteiger partial charge in [0.25, 0.3) is 5.91 Å². The Kier molecular flexibility index (Phi) is 8.18. The van der Waals surface area contributed by atoms with Crippen LogP contribution >= 0.6 is 11.6 Å². The molecule has 0 fully saturated rings. The molecule has 0 saturated heterocycles. The van der Waals surface area contributed by atoms with Crippen LogP contribution in [0.5, 0.6) is 0 Å². The fourth-order valence-electron chi connectivity index (χ4n) is 3.72. The summed E-state index contributed by atoms with van der Waals surface area (Å²) in [4.78, 5) is 25.4. The lowest BCUT2D eigenvalue weighted by Crippen LogP contribution is -2.27. The molecule has 0 aliphatic carbocycles. The highest BCUT2D eigenvalue weighted by molar-refractivity contribution is 6.31. The van der Waals surface area contributed by atoms with E-state index in [1.165, 1.54) is 23.1 Å². The van der Waals surface area contributed by atoms with Crippen molar-refractivity contribution in [3.8, 4) is 0 Å². The van der Waals surface area contributed by atoms with Crippen LogP contribution < -0.4 is 0 Å². The van der Waals surface area contributed by atoms with Gasteiger partial charge in [-0.25, -0.2) is 0 Å². The molecule has 0 spiro atoms. The van der Waals surface area contributed by atoms with Gasteiger partial charge in [-0.1, -0.05) is 72.3 Å². The number of carbonyl (C=O) groups excluding carboxylic acids is 2. The van der Waals surface area contributed by atoms with Crippen molar-refractivity contribution in [3.05, 3.63) is 111 Å². The van der Waals surface area contributed by atoms with Gasteiger partial charge in [0.05, 0.1) is 11.5 Å². The van der Waals surface area contributed by atoms with Gasteiger partial charge >= 0.3 is 6.18 Å². The first-order valence-electron chi connectivity index (χ1n) is 10.9. The Hall–Kier alpha value is -3.38. The molecule has 0 radical (unpaired) electrons. The minimum atomic E-state index is -4.47. The van der Waals surface area contributed by atoms with E-state index in [0.717, 1.165) is 17.2 Å². The Morgan fingerprint density at radius 3 is 2.31 bits per heavy atom. The molecule has 3 nitrogen and oxygen atoms in total. The summed E-state index contributed by atoms with van der Waals surface area (Å²) < 4.78 is 41.4. The van der Waals surface area contributed by atoms with Crippen molar-refractivity contribution in [2.75, 3.05) is 7.05 Å². The fraction of sp³-hybridized carbons (Fsp3) is 0.214. The molecule has 0 saturated carbocycles. The standard InChI is InChI=1S/C28H25ClF3NO2/c1-18-14-23(15-26(29)19(18)2)25(28(30,31)32)13-12-20-8-10-21(11-9-20)16-33(3)27(35)24-7-5-4-6-22(24)17-34/h4-15,17,25H,16H2,1-3H3/b13-12+. The van der Waals surface area contributed by atoms with Crippen LogP contribution in [0.15, 0.2) is 66.7 Å². The number of carbonyl (C=O) groups is 2. The van der Waals surface area contributed by atoms with E-state index in [-0.39, 0.29) is 18.0 Å². The number of aldehydes is 1. The number of amides is 1. The number of benzene rings is 3. The van der Waals surface area contributed by atoms with Crippen molar-refractivity contribution in [1.29, 1.82) is 0 Å². The van der Waals surface area contributed by atoms with Crippen LogP contribution in [-0.2, 0) is 6.54 Å². The molecule has 182 valence electrons. The number of nitrogens with zero attached hydrogens (tertiary/aromatic N) is 1. The first kappa shape index (κ1) is 26.2. The zero-order valence-corrected chi connectivity index (χ0v) is 20.3. The average molecular weight is 500 g/mol. The van der Waals surface area contributed by atoms with Gasteiger partial charge in [0.15, 0.2) is 6.29 Å². The predicted octanol–water partition coefficient (Wildman–Crippen LogP) is 7.40. The van der Waals surface area contributed by atoms with Crippen molar-refractivity contribution in [2.24, 2.45) is 0 Å². The topological polar surface area (TPSA) is 37.4 Å². The van der Waals surface area contributed by atoms with Crippen LogP contribution in [-0.4, -0.2) is 30.3 Å². The Morgan fingerprint density at radius 1 is 1.06 bits per heavy atom. The maximum absolute atomic E-state index is 13.8. The fourth-order valence-corrected chi connectivity index (χ4v) is 3.99. The predicted molar refractivity (Wildman–Crippen MR) is 133 cm³/mol. The molecule has 0 aliphatic rings. The molecule has 0 bridgehead atoms. The molecule has 0 N–H and O–H groups in total. The van der Waals surface area contributed by atoms with Crippen LogP contribution in [0.2, 0.25) is 5.02 Å². The van der Waals surface area contributed by atoms with Gasteiger partial charge in [0.2, 0.25) is 0 Å². The van der Waals surface area contributed by atoms with Gasteiger partial charge in [0, 0.05) is 24.2 Å². The normalized spacial score (nSPS) is 12.5. The lowest BCUT2D eigenvalue weighted by molar-refractivity contribution is -0.139. The van der Waals surface area contributed by atoms with Crippen molar-refractivity contribution < 1.29 is 22.8 Å². The summed E-state index contributed by atoms with van der Waals surface area (Å²) in [5, 5.41) is 0.307. The molecule has 1 unspecified atom stereocenters. The second-order valence-corrected chi connectivity index (χ2v) is 8.84. The van der Waals surface area contributed by atoms with Crippen molar-refractivity contribution in [3.63, 3.8) is 0 Å². The number of hydrogen-bond acceptors (Lipinski definition) is 2. The van der Waals surface area contributed by atoms with Gasteiger partial charge in [0.1, 0.15) is 0 Å². The van der Waals surface area contributed by atoms with Crippen LogP contribution in [0.1, 0.15) is 54.5 Å². The average Bonchev–Trinajstić information content (AvgIpc) is 2.82. The summed E-state index contributed by atoms with van der Waals surface area (Å²) in [6.07, 6.45) is -1.27. The van der Waals surface area contributed by atoms with Crippen LogP contribution in [0.4, 0.5) is 13.2 Å². The highest BCUT2D eigenvalue weighted by atomic mass is 35.5. The second kappa shape index (κ2) is 10.9. The van der Waals surface area contributed by atoms with E-state index in [1.54, 1.807) is 69.4 Å². The lowest BCUT2D eigenvalue weighted by Gasteiger charge is -2.19. The number of aryl methyl sites for hydroxylation is 1. The molecule has 3 aromatic rings. The van der Waals surface area contributed by atoms with Crippen LogP contribution in [0.3, 0.4) is 0 Å². The molecule has 0 heterocycles. The van der Waals surface area contributed by atoms with Crippen LogP contribution in [0.25, 0.3) is 6.08 Å². The summed E-state index contributed by atoms with van der Waals surface area (Å²) in [5.74, 6) is -2.09. The highest BCUT2D eigenvalue weighted by Crippen LogP contribution is 2.38. The third kappa shape index (κ3) is 6.40. The van der Waals surface area contributed by atoms with E-state index >= 15 is 0 Å². The first-order chi connectivity index (χ1) is 16.5. The molecular weight excluding hydrogens is 475 g/mol. The van der Waals surface area contributed by atoms with E-state index in [0.29, 0.717) is 33.6 Å². The molecule has 1 atom stereocenters. The van der Waals surface area contributed by atoms with Gasteiger partial charge in [-0.05, 0) is 53.8 Å². The summed E-state index contributed by atoms with van der Waals surface area (Å²) >= 11 is 6.13. The third-order valence-corrected chi connectivity index (χ3v) is 6.28. The lowest BCUT2D eigenvalue weighted by atomic mass is 9.94. The smallest absolute Gasteiger partial charge is 0.337 e. The Balaban J connectivity index is 1.75. The number of hydrogen-bond donors (Lipinski definition) is 0. The van der Waals surface area contributed by atoms with E-state index in [9.17, 15) is 22.8 Å². The molecule has 7 heteroatoms. The van der Waals surface area contributed by atoms with Gasteiger partial charge in [-0.15, -0.1) is 0 Å². The highest BCUT2D eigenvalue weighted by Gasteiger charge is 2.39. The Morgan fingerprint density at radius 2 is 1.71 bits per heavy atom. The van der Waals surface area contributed by atoms with E-state index in [1.807, 2.05) is 0 Å². The van der Waals surface area contributed by atoms with E-state index < -0.39 is 12.1 Å². The molecule has 3 aromatic carbocycles. The van der Waals surface area contributed by atoms with Gasteiger partial charge in [-0.3, -0.25) is 9.59 Å². The molecule has 3 rings (SSSR count). The Labute approximate surface area is 207 Å². The summed E-state index contributed by atoms with van der Waals surface area (Å²) in [6, 6.07) is 16.3. The van der Waals surface area contributed by atoms with Crippen molar-refractivity contribution in [1.82, 2.24) is 4.90 Å².